The quantitative estimate of drug-likeness (QED) is 0.365. The summed E-state index contributed by atoms with van der Waals surface area (Å²) in [5, 5.41) is 10.7. The van der Waals surface area contributed by atoms with E-state index in [0.717, 1.165) is 53.1 Å². The van der Waals surface area contributed by atoms with E-state index in [2.05, 4.69) is 38.8 Å². The average Bonchev–Trinajstić information content (AvgIpc) is 3.27. The molecular weight excluding hydrogens is 348 g/mol. The SMILES string of the molecule is CCCCOC(=O)CSc1nnc(-c2c[nH]c3ccccc23)n1C1CC1. The topological polar surface area (TPSA) is 72.8 Å². The van der Waals surface area contributed by atoms with Crippen molar-refractivity contribution in [2.24, 2.45) is 0 Å². The molecule has 2 aromatic heterocycles. The van der Waals surface area contributed by atoms with Crippen LogP contribution in [0.1, 0.15) is 38.6 Å². The molecular formula is C19H22N4O2S. The third-order valence-electron chi connectivity index (χ3n) is 4.49. The van der Waals surface area contributed by atoms with Crippen molar-refractivity contribution in [2.45, 2.75) is 43.8 Å². The average molecular weight is 370 g/mol. The molecule has 0 spiro atoms. The van der Waals surface area contributed by atoms with Crippen molar-refractivity contribution in [3.05, 3.63) is 30.5 Å². The number of ether oxygens (including phenoxy) is 1. The van der Waals surface area contributed by atoms with Crippen LogP contribution in [0.4, 0.5) is 0 Å². The Balaban J connectivity index is 1.55. The van der Waals surface area contributed by atoms with Gasteiger partial charge in [-0.05, 0) is 25.3 Å². The summed E-state index contributed by atoms with van der Waals surface area (Å²) in [4.78, 5) is 15.2. The summed E-state index contributed by atoms with van der Waals surface area (Å²) in [6.07, 6.45) is 6.16. The first-order valence-corrected chi connectivity index (χ1v) is 10.1. The molecule has 6 nitrogen and oxygen atoms in total. The predicted octanol–water partition coefficient (Wildman–Crippen LogP) is 4.20. The van der Waals surface area contributed by atoms with Crippen molar-refractivity contribution in [3.63, 3.8) is 0 Å². The lowest BCUT2D eigenvalue weighted by molar-refractivity contribution is -0.140. The second-order valence-corrected chi connectivity index (χ2v) is 7.46. The molecule has 0 radical (unpaired) electrons. The number of nitrogens with one attached hydrogen (secondary N) is 1. The number of benzene rings is 1. The number of fused-ring (bicyclic) bond motifs is 1. The number of aromatic amines is 1. The Kier molecular flexibility index (Phi) is 4.97. The highest BCUT2D eigenvalue weighted by Gasteiger charge is 2.31. The van der Waals surface area contributed by atoms with Gasteiger partial charge < -0.3 is 9.72 Å². The van der Waals surface area contributed by atoms with Gasteiger partial charge in [-0.2, -0.15) is 0 Å². The number of esters is 1. The minimum atomic E-state index is -0.192. The third kappa shape index (κ3) is 3.49. The molecule has 1 aliphatic carbocycles. The molecule has 1 saturated carbocycles. The zero-order valence-electron chi connectivity index (χ0n) is 14.8. The molecule has 136 valence electrons. The van der Waals surface area contributed by atoms with E-state index in [0.29, 0.717) is 12.6 Å². The van der Waals surface area contributed by atoms with E-state index in [-0.39, 0.29) is 11.7 Å². The number of carbonyl (C=O) groups excluding carboxylic acids is 1. The lowest BCUT2D eigenvalue weighted by Gasteiger charge is -2.08. The molecule has 0 saturated heterocycles. The molecule has 0 atom stereocenters. The summed E-state index contributed by atoms with van der Waals surface area (Å²) in [7, 11) is 0. The Hall–Kier alpha value is -2.28. The van der Waals surface area contributed by atoms with Crippen LogP contribution in [0.5, 0.6) is 0 Å². The van der Waals surface area contributed by atoms with Gasteiger partial charge in [0, 0.05) is 28.7 Å². The monoisotopic (exact) mass is 370 g/mol. The molecule has 1 aromatic carbocycles. The zero-order chi connectivity index (χ0) is 17.9. The summed E-state index contributed by atoms with van der Waals surface area (Å²) >= 11 is 1.41. The maximum Gasteiger partial charge on any atom is 0.316 e. The molecule has 0 amide bonds. The van der Waals surface area contributed by atoms with E-state index in [4.69, 9.17) is 4.74 Å². The molecule has 1 fully saturated rings. The lowest BCUT2D eigenvalue weighted by atomic mass is 10.1. The molecule has 1 N–H and O–H groups in total. The van der Waals surface area contributed by atoms with Gasteiger partial charge in [0.05, 0.1) is 12.4 Å². The number of carbonyl (C=O) groups is 1. The standard InChI is InChI=1S/C19H22N4O2S/c1-2-3-10-25-17(24)12-26-19-22-21-18(23(19)13-8-9-13)15-11-20-16-7-5-4-6-14(15)16/h4-7,11,13,20H,2-3,8-10,12H2,1H3. The van der Waals surface area contributed by atoms with Gasteiger partial charge in [-0.15, -0.1) is 10.2 Å². The highest BCUT2D eigenvalue weighted by molar-refractivity contribution is 7.99. The van der Waals surface area contributed by atoms with Crippen molar-refractivity contribution >= 4 is 28.6 Å². The van der Waals surface area contributed by atoms with Crippen LogP contribution in [0.15, 0.2) is 35.6 Å². The second-order valence-electron chi connectivity index (χ2n) is 6.52. The number of hydrogen-bond donors (Lipinski definition) is 1. The Morgan fingerprint density at radius 1 is 1.35 bits per heavy atom. The first-order valence-electron chi connectivity index (χ1n) is 9.07. The van der Waals surface area contributed by atoms with Gasteiger partial charge in [0.2, 0.25) is 0 Å². The van der Waals surface area contributed by atoms with Crippen molar-refractivity contribution in [2.75, 3.05) is 12.4 Å². The van der Waals surface area contributed by atoms with E-state index < -0.39 is 0 Å². The summed E-state index contributed by atoms with van der Waals surface area (Å²) in [6.45, 7) is 2.57. The van der Waals surface area contributed by atoms with Gasteiger partial charge in [0.25, 0.3) is 0 Å². The van der Waals surface area contributed by atoms with Gasteiger partial charge in [0.15, 0.2) is 11.0 Å². The summed E-state index contributed by atoms with van der Waals surface area (Å²) < 4.78 is 7.41. The van der Waals surface area contributed by atoms with Crippen molar-refractivity contribution in [1.29, 1.82) is 0 Å². The number of nitrogens with zero attached hydrogens (tertiary/aromatic N) is 3. The minimum Gasteiger partial charge on any atom is -0.465 e. The molecule has 2 heterocycles. The normalized spacial score (nSPS) is 14.0. The summed E-state index contributed by atoms with van der Waals surface area (Å²) in [5.41, 5.74) is 2.14. The highest BCUT2D eigenvalue weighted by Crippen LogP contribution is 2.42. The Morgan fingerprint density at radius 2 is 2.19 bits per heavy atom. The van der Waals surface area contributed by atoms with Gasteiger partial charge in [-0.1, -0.05) is 43.3 Å². The molecule has 0 unspecified atom stereocenters. The minimum absolute atomic E-state index is 0.192. The van der Waals surface area contributed by atoms with Gasteiger partial charge in [0.1, 0.15) is 0 Å². The van der Waals surface area contributed by atoms with E-state index in [1.54, 1.807) is 0 Å². The first kappa shape index (κ1) is 17.1. The molecule has 3 aromatic rings. The Labute approximate surface area is 156 Å². The fourth-order valence-electron chi connectivity index (χ4n) is 2.97. The van der Waals surface area contributed by atoms with E-state index in [1.165, 1.54) is 11.8 Å². The molecule has 7 heteroatoms. The van der Waals surface area contributed by atoms with Crippen LogP contribution < -0.4 is 0 Å². The number of aromatic nitrogens is 4. The fourth-order valence-corrected chi connectivity index (χ4v) is 3.78. The van der Waals surface area contributed by atoms with Gasteiger partial charge >= 0.3 is 5.97 Å². The molecule has 4 rings (SSSR count). The lowest BCUT2D eigenvalue weighted by Crippen LogP contribution is -2.09. The maximum atomic E-state index is 11.9. The maximum absolute atomic E-state index is 11.9. The smallest absolute Gasteiger partial charge is 0.316 e. The van der Waals surface area contributed by atoms with Crippen LogP contribution in [-0.2, 0) is 9.53 Å². The number of thioether (sulfide) groups is 1. The molecule has 0 bridgehead atoms. The van der Waals surface area contributed by atoms with Crippen LogP contribution in [-0.4, -0.2) is 38.1 Å². The molecule has 0 aliphatic heterocycles. The Morgan fingerprint density at radius 3 is 3.00 bits per heavy atom. The van der Waals surface area contributed by atoms with E-state index >= 15 is 0 Å². The summed E-state index contributed by atoms with van der Waals surface area (Å²) in [5.74, 6) is 0.942. The fraction of sp³-hybridized carbons (Fsp3) is 0.421. The second kappa shape index (κ2) is 7.53. The van der Waals surface area contributed by atoms with Crippen LogP contribution in [0, 0.1) is 0 Å². The number of rotatable bonds is 8. The number of unbranched alkanes of at least 4 members (excludes halogenated alkanes) is 1. The predicted molar refractivity (Wildman–Crippen MR) is 102 cm³/mol. The van der Waals surface area contributed by atoms with E-state index in [9.17, 15) is 4.79 Å². The van der Waals surface area contributed by atoms with Crippen molar-refractivity contribution in [1.82, 2.24) is 19.7 Å². The van der Waals surface area contributed by atoms with Crippen LogP contribution >= 0.6 is 11.8 Å². The number of H-pyrrole nitrogens is 1. The van der Waals surface area contributed by atoms with Crippen LogP contribution in [0.3, 0.4) is 0 Å². The Bertz CT molecular complexity index is 913. The first-order chi connectivity index (χ1) is 12.8. The number of para-hydroxylation sites is 1. The largest absolute Gasteiger partial charge is 0.465 e. The van der Waals surface area contributed by atoms with Crippen molar-refractivity contribution < 1.29 is 9.53 Å². The molecule has 1 aliphatic rings. The summed E-state index contributed by atoms with van der Waals surface area (Å²) in [6, 6.07) is 8.61. The van der Waals surface area contributed by atoms with Gasteiger partial charge in [-0.3, -0.25) is 9.36 Å². The zero-order valence-corrected chi connectivity index (χ0v) is 15.6. The van der Waals surface area contributed by atoms with Gasteiger partial charge in [-0.25, -0.2) is 0 Å². The van der Waals surface area contributed by atoms with Crippen molar-refractivity contribution in [3.8, 4) is 11.4 Å². The third-order valence-corrected chi connectivity index (χ3v) is 5.40. The number of hydrogen-bond acceptors (Lipinski definition) is 5. The molecule has 26 heavy (non-hydrogen) atoms. The highest BCUT2D eigenvalue weighted by atomic mass is 32.2. The van der Waals surface area contributed by atoms with Crippen LogP contribution in [0.25, 0.3) is 22.3 Å². The van der Waals surface area contributed by atoms with E-state index in [1.807, 2.05) is 18.3 Å². The van der Waals surface area contributed by atoms with Crippen LogP contribution in [0.2, 0.25) is 0 Å².